The molecule has 1 fully saturated rings. The molecule has 4 heteroatoms. The Kier molecular flexibility index (Phi) is 6.57. The molecule has 18 heavy (non-hydrogen) atoms. The molecule has 0 amide bonds. The molecule has 1 atom stereocenters. The second kappa shape index (κ2) is 7.43. The summed E-state index contributed by atoms with van der Waals surface area (Å²) in [4.78, 5) is 5.11. The first kappa shape index (κ1) is 15.9. The van der Waals surface area contributed by atoms with Gasteiger partial charge in [0.2, 0.25) is 0 Å². The van der Waals surface area contributed by atoms with Gasteiger partial charge in [0.25, 0.3) is 0 Å². The number of likely N-dealkylation sites (N-methyl/N-ethyl adjacent to an activating group) is 1. The van der Waals surface area contributed by atoms with Crippen molar-refractivity contribution in [2.45, 2.75) is 38.8 Å². The van der Waals surface area contributed by atoms with E-state index in [1.54, 1.807) is 7.11 Å². The van der Waals surface area contributed by atoms with Gasteiger partial charge in [0.1, 0.15) is 0 Å². The van der Waals surface area contributed by atoms with E-state index in [9.17, 15) is 0 Å². The molecule has 0 aromatic carbocycles. The number of ether oxygens (including phenoxy) is 1. The van der Waals surface area contributed by atoms with Crippen LogP contribution in [0.4, 0.5) is 0 Å². The number of hydrogen-bond acceptors (Lipinski definition) is 4. The quantitative estimate of drug-likeness (QED) is 0.737. The number of methoxy groups -OCH3 is 1. The number of piperazine rings is 1. The molecule has 1 aliphatic rings. The molecule has 1 rings (SSSR count). The highest BCUT2D eigenvalue weighted by atomic mass is 16.5. The van der Waals surface area contributed by atoms with Gasteiger partial charge in [-0.2, -0.15) is 0 Å². The van der Waals surface area contributed by atoms with Gasteiger partial charge < -0.3 is 15.0 Å². The molecule has 0 spiro atoms. The van der Waals surface area contributed by atoms with Gasteiger partial charge in [-0.05, 0) is 33.9 Å². The minimum Gasteiger partial charge on any atom is -0.377 e. The Hall–Kier alpha value is -0.160. The van der Waals surface area contributed by atoms with Crippen LogP contribution in [0.1, 0.15) is 27.2 Å². The van der Waals surface area contributed by atoms with Crippen LogP contribution < -0.4 is 5.32 Å². The predicted octanol–water partition coefficient (Wildman–Crippen LogP) is 1.03. The molecule has 0 aliphatic carbocycles. The molecule has 108 valence electrons. The Labute approximate surface area is 113 Å². The fourth-order valence-corrected chi connectivity index (χ4v) is 2.57. The van der Waals surface area contributed by atoms with Crippen LogP contribution in [0.2, 0.25) is 0 Å². The summed E-state index contributed by atoms with van der Waals surface area (Å²) >= 11 is 0. The van der Waals surface area contributed by atoms with Crippen LogP contribution in [-0.4, -0.2) is 74.9 Å². The molecule has 4 nitrogen and oxygen atoms in total. The average molecular weight is 257 g/mol. The number of nitrogens with one attached hydrogen (secondary N) is 1. The van der Waals surface area contributed by atoms with Crippen LogP contribution >= 0.6 is 0 Å². The molecule has 0 saturated carbocycles. The molecule has 1 unspecified atom stereocenters. The molecule has 1 N–H and O–H groups in total. The first-order chi connectivity index (χ1) is 8.53. The summed E-state index contributed by atoms with van der Waals surface area (Å²) in [6.07, 6.45) is 1.26. The summed E-state index contributed by atoms with van der Waals surface area (Å²) in [7, 11) is 3.82. The summed E-state index contributed by atoms with van der Waals surface area (Å²) in [5.74, 6) is 0. The normalized spacial score (nSPS) is 21.2. The fourth-order valence-electron chi connectivity index (χ4n) is 2.57. The lowest BCUT2D eigenvalue weighted by atomic mass is 9.98. The van der Waals surface area contributed by atoms with Gasteiger partial charge in [-0.3, -0.25) is 4.90 Å². The Morgan fingerprint density at radius 1 is 1.17 bits per heavy atom. The maximum atomic E-state index is 5.59. The predicted molar refractivity (Wildman–Crippen MR) is 77.1 cm³/mol. The average Bonchev–Trinajstić information content (AvgIpc) is 2.38. The first-order valence-electron chi connectivity index (χ1n) is 7.20. The Bertz CT molecular complexity index is 225. The van der Waals surface area contributed by atoms with E-state index in [0.29, 0.717) is 6.04 Å². The number of rotatable bonds is 7. The van der Waals surface area contributed by atoms with Gasteiger partial charge in [-0.25, -0.2) is 0 Å². The van der Waals surface area contributed by atoms with Crippen molar-refractivity contribution in [3.8, 4) is 0 Å². The van der Waals surface area contributed by atoms with Crippen molar-refractivity contribution in [1.82, 2.24) is 15.1 Å². The third-order valence-corrected chi connectivity index (χ3v) is 4.16. The van der Waals surface area contributed by atoms with Crippen LogP contribution in [0.25, 0.3) is 0 Å². The van der Waals surface area contributed by atoms with Gasteiger partial charge in [0, 0.05) is 45.9 Å². The van der Waals surface area contributed by atoms with E-state index in [-0.39, 0.29) is 5.60 Å². The summed E-state index contributed by atoms with van der Waals surface area (Å²) in [5.41, 5.74) is -0.116. The van der Waals surface area contributed by atoms with Crippen molar-refractivity contribution in [3.05, 3.63) is 0 Å². The van der Waals surface area contributed by atoms with E-state index in [2.05, 4.69) is 35.9 Å². The molecule has 1 saturated heterocycles. The van der Waals surface area contributed by atoms with E-state index in [0.717, 1.165) is 6.54 Å². The van der Waals surface area contributed by atoms with Crippen molar-refractivity contribution in [1.29, 1.82) is 0 Å². The summed E-state index contributed by atoms with van der Waals surface area (Å²) < 4.78 is 5.59. The smallest absolute Gasteiger partial charge is 0.0787 e. The third kappa shape index (κ3) is 4.50. The highest BCUT2D eigenvalue weighted by molar-refractivity contribution is 4.88. The molecule has 0 radical (unpaired) electrons. The van der Waals surface area contributed by atoms with Crippen LogP contribution in [0.15, 0.2) is 0 Å². The van der Waals surface area contributed by atoms with Crippen molar-refractivity contribution in [2.24, 2.45) is 0 Å². The maximum absolute atomic E-state index is 5.59. The van der Waals surface area contributed by atoms with E-state index in [1.807, 2.05) is 7.05 Å². The van der Waals surface area contributed by atoms with Gasteiger partial charge >= 0.3 is 0 Å². The molecule has 0 aromatic heterocycles. The van der Waals surface area contributed by atoms with E-state index in [4.69, 9.17) is 4.74 Å². The standard InChI is InChI=1S/C14H31N3O/c1-6-7-16-8-10-17(11-9-16)12-13(15-4)14(2,3)18-5/h13,15H,6-12H2,1-5H3. The van der Waals surface area contributed by atoms with Gasteiger partial charge in [0.05, 0.1) is 5.60 Å². The topological polar surface area (TPSA) is 27.7 Å². The van der Waals surface area contributed by atoms with Gasteiger partial charge in [-0.15, -0.1) is 0 Å². The highest BCUT2D eigenvalue weighted by Gasteiger charge is 2.30. The molecule has 1 aliphatic heterocycles. The Balaban J connectivity index is 2.39. The second-order valence-electron chi connectivity index (χ2n) is 5.79. The maximum Gasteiger partial charge on any atom is 0.0787 e. The summed E-state index contributed by atoms with van der Waals surface area (Å²) in [5, 5.41) is 3.40. The van der Waals surface area contributed by atoms with Crippen LogP contribution in [-0.2, 0) is 4.74 Å². The first-order valence-corrected chi connectivity index (χ1v) is 7.20. The van der Waals surface area contributed by atoms with Crippen LogP contribution in [0.5, 0.6) is 0 Å². The van der Waals surface area contributed by atoms with Crippen molar-refractivity contribution in [2.75, 3.05) is 53.4 Å². The third-order valence-electron chi connectivity index (χ3n) is 4.16. The van der Waals surface area contributed by atoms with Crippen LogP contribution in [0, 0.1) is 0 Å². The Morgan fingerprint density at radius 3 is 2.17 bits per heavy atom. The number of nitrogens with zero attached hydrogens (tertiary/aromatic N) is 2. The lowest BCUT2D eigenvalue weighted by Crippen LogP contribution is -2.56. The monoisotopic (exact) mass is 257 g/mol. The summed E-state index contributed by atoms with van der Waals surface area (Å²) in [6, 6.07) is 0.375. The zero-order valence-electron chi connectivity index (χ0n) is 12.8. The van der Waals surface area contributed by atoms with Gasteiger partial charge in [-0.1, -0.05) is 6.92 Å². The molecular formula is C14H31N3O. The fraction of sp³-hybridized carbons (Fsp3) is 1.00. The lowest BCUT2D eigenvalue weighted by Gasteiger charge is -2.40. The Morgan fingerprint density at radius 2 is 1.72 bits per heavy atom. The molecule has 0 aromatic rings. The van der Waals surface area contributed by atoms with E-state index >= 15 is 0 Å². The second-order valence-corrected chi connectivity index (χ2v) is 5.79. The van der Waals surface area contributed by atoms with Crippen LogP contribution in [0.3, 0.4) is 0 Å². The highest BCUT2D eigenvalue weighted by Crippen LogP contribution is 2.15. The number of hydrogen-bond donors (Lipinski definition) is 1. The van der Waals surface area contributed by atoms with Crippen molar-refractivity contribution in [3.63, 3.8) is 0 Å². The lowest BCUT2D eigenvalue weighted by molar-refractivity contribution is -0.0217. The molecule has 1 heterocycles. The molecule has 0 bridgehead atoms. The zero-order valence-corrected chi connectivity index (χ0v) is 12.8. The van der Waals surface area contributed by atoms with E-state index < -0.39 is 0 Å². The zero-order chi connectivity index (χ0) is 13.6. The van der Waals surface area contributed by atoms with Gasteiger partial charge in [0.15, 0.2) is 0 Å². The minimum absolute atomic E-state index is 0.116. The SMILES string of the molecule is CCCN1CCN(CC(NC)C(C)(C)OC)CC1. The molecular weight excluding hydrogens is 226 g/mol. The van der Waals surface area contributed by atoms with Crippen molar-refractivity contribution < 1.29 is 4.74 Å². The van der Waals surface area contributed by atoms with Crippen molar-refractivity contribution >= 4 is 0 Å². The summed E-state index contributed by atoms with van der Waals surface area (Å²) in [6.45, 7) is 13.6. The minimum atomic E-state index is -0.116. The largest absolute Gasteiger partial charge is 0.377 e. The van der Waals surface area contributed by atoms with E-state index in [1.165, 1.54) is 39.1 Å².